The first-order valence-corrected chi connectivity index (χ1v) is 7.56. The highest BCUT2D eigenvalue weighted by Crippen LogP contribution is 2.32. The molecule has 0 amide bonds. The van der Waals surface area contributed by atoms with Gasteiger partial charge in [0.25, 0.3) is 0 Å². The van der Waals surface area contributed by atoms with Crippen LogP contribution >= 0.6 is 0 Å². The molecule has 0 fully saturated rings. The Morgan fingerprint density at radius 2 is 1.38 bits per heavy atom. The molecule has 2 unspecified atom stereocenters. The molecule has 0 aliphatic rings. The van der Waals surface area contributed by atoms with Crippen molar-refractivity contribution in [1.82, 2.24) is 0 Å². The fourth-order valence-corrected chi connectivity index (χ4v) is 2.72. The van der Waals surface area contributed by atoms with Crippen molar-refractivity contribution < 1.29 is 0 Å². The highest BCUT2D eigenvalue weighted by atomic mass is 14.3. The van der Waals surface area contributed by atoms with E-state index in [4.69, 9.17) is 0 Å². The van der Waals surface area contributed by atoms with Crippen LogP contribution in [0.3, 0.4) is 0 Å². The van der Waals surface area contributed by atoms with Gasteiger partial charge >= 0.3 is 0 Å². The molecule has 0 aliphatic carbocycles. The Hall–Kier alpha value is 0. The van der Waals surface area contributed by atoms with E-state index in [9.17, 15) is 0 Å². The van der Waals surface area contributed by atoms with E-state index in [1.807, 2.05) is 0 Å². The van der Waals surface area contributed by atoms with Crippen molar-refractivity contribution in [2.75, 3.05) is 0 Å². The van der Waals surface area contributed by atoms with E-state index < -0.39 is 0 Å². The largest absolute Gasteiger partial charge is 0.0654 e. The maximum atomic E-state index is 2.44. The molecule has 16 heavy (non-hydrogen) atoms. The molecule has 0 spiro atoms. The first-order chi connectivity index (χ1) is 7.56. The lowest BCUT2D eigenvalue weighted by Crippen LogP contribution is -2.19. The zero-order chi connectivity index (χ0) is 12.6. The molecule has 98 valence electrons. The van der Waals surface area contributed by atoms with Gasteiger partial charge in [0.05, 0.1) is 0 Å². The van der Waals surface area contributed by atoms with Crippen LogP contribution in [0.25, 0.3) is 0 Å². The number of unbranched alkanes of at least 4 members (excludes halogenated alkanes) is 1. The van der Waals surface area contributed by atoms with Gasteiger partial charge in [-0.05, 0) is 30.1 Å². The summed E-state index contributed by atoms with van der Waals surface area (Å²) in [7, 11) is 0. The average molecular weight is 226 g/mol. The third kappa shape index (κ3) is 5.92. The Bertz CT molecular complexity index is 144. The maximum Gasteiger partial charge on any atom is -0.0383 e. The van der Waals surface area contributed by atoms with Gasteiger partial charge in [-0.3, -0.25) is 0 Å². The molecule has 2 atom stereocenters. The second-order valence-corrected chi connectivity index (χ2v) is 5.94. The van der Waals surface area contributed by atoms with Gasteiger partial charge in [0.1, 0.15) is 0 Å². The van der Waals surface area contributed by atoms with Crippen LogP contribution in [0.5, 0.6) is 0 Å². The van der Waals surface area contributed by atoms with Crippen molar-refractivity contribution in [3.05, 3.63) is 0 Å². The summed E-state index contributed by atoms with van der Waals surface area (Å²) in [6.07, 6.45) is 8.42. The summed E-state index contributed by atoms with van der Waals surface area (Å²) in [5.74, 6) is 3.68. The number of hydrogen-bond donors (Lipinski definition) is 0. The van der Waals surface area contributed by atoms with Crippen LogP contribution in [-0.2, 0) is 0 Å². The molecule has 0 aromatic rings. The van der Waals surface area contributed by atoms with Crippen molar-refractivity contribution in [3.63, 3.8) is 0 Å². The molecule has 0 rings (SSSR count). The zero-order valence-corrected chi connectivity index (χ0v) is 12.6. The summed E-state index contributed by atoms with van der Waals surface area (Å²) >= 11 is 0. The SMILES string of the molecule is CCCCC(CC(C)C(C)C)C(CC)CC. The van der Waals surface area contributed by atoms with Crippen LogP contribution in [-0.4, -0.2) is 0 Å². The quantitative estimate of drug-likeness (QED) is 0.458. The lowest BCUT2D eigenvalue weighted by atomic mass is 9.77. The first kappa shape index (κ1) is 16.0. The van der Waals surface area contributed by atoms with Gasteiger partial charge in [-0.2, -0.15) is 0 Å². The van der Waals surface area contributed by atoms with Crippen LogP contribution in [0.2, 0.25) is 0 Å². The molecular formula is C16H34. The summed E-state index contributed by atoms with van der Waals surface area (Å²) in [5, 5.41) is 0. The Labute approximate surface area is 104 Å². The standard InChI is InChI=1S/C16H34/c1-7-10-11-16(15(8-2)9-3)12-14(6)13(4)5/h13-16H,7-12H2,1-6H3. The monoisotopic (exact) mass is 226 g/mol. The van der Waals surface area contributed by atoms with E-state index >= 15 is 0 Å². The molecule has 0 aliphatic heterocycles. The molecule has 0 aromatic heterocycles. The second-order valence-electron chi connectivity index (χ2n) is 5.94. The Kier molecular flexibility index (Phi) is 9.07. The van der Waals surface area contributed by atoms with E-state index in [2.05, 4.69) is 41.5 Å². The van der Waals surface area contributed by atoms with Crippen molar-refractivity contribution in [3.8, 4) is 0 Å². The molecule has 0 N–H and O–H groups in total. The van der Waals surface area contributed by atoms with E-state index in [0.717, 1.165) is 23.7 Å². The molecule has 0 saturated carbocycles. The summed E-state index contributed by atoms with van der Waals surface area (Å²) in [5.41, 5.74) is 0. The fourth-order valence-electron chi connectivity index (χ4n) is 2.72. The Morgan fingerprint density at radius 1 is 0.812 bits per heavy atom. The zero-order valence-electron chi connectivity index (χ0n) is 12.6. The predicted octanol–water partition coefficient (Wildman–Crippen LogP) is 5.91. The predicted molar refractivity (Wildman–Crippen MR) is 75.7 cm³/mol. The molecular weight excluding hydrogens is 192 g/mol. The maximum absolute atomic E-state index is 2.44. The highest BCUT2D eigenvalue weighted by molar-refractivity contribution is 4.72. The topological polar surface area (TPSA) is 0 Å². The first-order valence-electron chi connectivity index (χ1n) is 7.56. The summed E-state index contributed by atoms with van der Waals surface area (Å²) in [6, 6.07) is 0. The van der Waals surface area contributed by atoms with Crippen molar-refractivity contribution in [1.29, 1.82) is 0 Å². The van der Waals surface area contributed by atoms with E-state index in [0.29, 0.717) is 0 Å². The lowest BCUT2D eigenvalue weighted by molar-refractivity contribution is 0.216. The van der Waals surface area contributed by atoms with Gasteiger partial charge in [0.15, 0.2) is 0 Å². The van der Waals surface area contributed by atoms with Crippen molar-refractivity contribution >= 4 is 0 Å². The minimum atomic E-state index is 0.846. The van der Waals surface area contributed by atoms with Crippen molar-refractivity contribution in [2.45, 2.75) is 80.1 Å². The van der Waals surface area contributed by atoms with Gasteiger partial charge in [0, 0.05) is 0 Å². The molecule has 0 heterocycles. The summed E-state index contributed by atoms with van der Waals surface area (Å²) < 4.78 is 0. The van der Waals surface area contributed by atoms with Crippen LogP contribution < -0.4 is 0 Å². The van der Waals surface area contributed by atoms with Crippen molar-refractivity contribution in [2.24, 2.45) is 23.7 Å². The van der Waals surface area contributed by atoms with Gasteiger partial charge in [-0.15, -0.1) is 0 Å². The van der Waals surface area contributed by atoms with Gasteiger partial charge in [-0.25, -0.2) is 0 Å². The Morgan fingerprint density at radius 3 is 1.75 bits per heavy atom. The highest BCUT2D eigenvalue weighted by Gasteiger charge is 2.21. The third-order valence-corrected chi connectivity index (χ3v) is 4.46. The fraction of sp³-hybridized carbons (Fsp3) is 1.00. The van der Waals surface area contributed by atoms with Gasteiger partial charge < -0.3 is 0 Å². The lowest BCUT2D eigenvalue weighted by Gasteiger charge is -2.29. The summed E-state index contributed by atoms with van der Waals surface area (Å²) in [4.78, 5) is 0. The van der Waals surface area contributed by atoms with Crippen LogP contribution in [0, 0.1) is 23.7 Å². The van der Waals surface area contributed by atoms with Gasteiger partial charge in [0.2, 0.25) is 0 Å². The van der Waals surface area contributed by atoms with Crippen LogP contribution in [0.15, 0.2) is 0 Å². The minimum absolute atomic E-state index is 0.846. The van der Waals surface area contributed by atoms with Crippen LogP contribution in [0.1, 0.15) is 80.1 Å². The smallest absolute Gasteiger partial charge is 0.0383 e. The number of rotatable bonds is 9. The van der Waals surface area contributed by atoms with Crippen LogP contribution in [0.4, 0.5) is 0 Å². The summed E-state index contributed by atoms with van der Waals surface area (Å²) in [6.45, 7) is 14.2. The molecule has 0 nitrogen and oxygen atoms in total. The molecule has 0 bridgehead atoms. The minimum Gasteiger partial charge on any atom is -0.0654 e. The molecule has 0 saturated heterocycles. The van der Waals surface area contributed by atoms with E-state index in [1.165, 1.54) is 38.5 Å². The Balaban J connectivity index is 4.28. The normalized spacial score (nSPS) is 15.8. The third-order valence-electron chi connectivity index (χ3n) is 4.46. The molecule has 0 radical (unpaired) electrons. The molecule has 0 heteroatoms. The van der Waals surface area contributed by atoms with E-state index in [-0.39, 0.29) is 0 Å². The molecule has 0 aromatic carbocycles. The van der Waals surface area contributed by atoms with Gasteiger partial charge in [-0.1, -0.05) is 73.6 Å². The van der Waals surface area contributed by atoms with E-state index in [1.54, 1.807) is 0 Å². The second kappa shape index (κ2) is 9.07. The average Bonchev–Trinajstić information content (AvgIpc) is 2.26. The number of hydrogen-bond acceptors (Lipinski definition) is 0.